The van der Waals surface area contributed by atoms with Crippen molar-refractivity contribution < 1.29 is 22.3 Å². The Morgan fingerprint density at radius 3 is 2.81 bits per heavy atom. The van der Waals surface area contributed by atoms with E-state index in [9.17, 15) is 13.2 Å². The fourth-order valence-electron chi connectivity index (χ4n) is 2.94. The van der Waals surface area contributed by atoms with E-state index >= 15 is 0 Å². The minimum Gasteiger partial charge on any atom is -0.477 e. The van der Waals surface area contributed by atoms with Gasteiger partial charge in [-0.2, -0.15) is 4.31 Å². The molecule has 1 saturated heterocycles. The number of rotatable bonds is 5. The van der Waals surface area contributed by atoms with Gasteiger partial charge in [0.1, 0.15) is 6.10 Å². The number of fused-ring (bicyclic) bond motifs is 1. The van der Waals surface area contributed by atoms with Crippen LogP contribution in [-0.4, -0.2) is 54.0 Å². The number of hydrogen-bond acceptors (Lipinski definition) is 8. The molecule has 142 valence electrons. The van der Waals surface area contributed by atoms with Gasteiger partial charge in [0.2, 0.25) is 10.0 Å². The molecule has 27 heavy (non-hydrogen) atoms. The molecule has 1 aliphatic rings. The predicted octanol–water partition coefficient (Wildman–Crippen LogP) is 0.762. The first-order chi connectivity index (χ1) is 13.0. The number of oxazole rings is 1. The van der Waals surface area contributed by atoms with Gasteiger partial charge in [0.15, 0.2) is 5.58 Å². The Balaban J connectivity index is 1.53. The van der Waals surface area contributed by atoms with Crippen LogP contribution < -0.4 is 15.2 Å². The van der Waals surface area contributed by atoms with Gasteiger partial charge in [-0.25, -0.2) is 23.2 Å². The minimum absolute atomic E-state index is 0.0739. The number of nitrogens with one attached hydrogen (secondary N) is 1. The zero-order valence-electron chi connectivity index (χ0n) is 14.3. The highest BCUT2D eigenvalue weighted by atomic mass is 32.2. The fourth-order valence-corrected chi connectivity index (χ4v) is 4.46. The van der Waals surface area contributed by atoms with Crippen LogP contribution in [0.15, 0.2) is 44.7 Å². The van der Waals surface area contributed by atoms with Crippen LogP contribution >= 0.6 is 0 Å². The Morgan fingerprint density at radius 2 is 2.04 bits per heavy atom. The smallest absolute Gasteiger partial charge is 0.417 e. The maximum Gasteiger partial charge on any atom is 0.417 e. The molecule has 3 aromatic rings. The topological polar surface area (TPSA) is 128 Å². The lowest BCUT2D eigenvalue weighted by Crippen LogP contribution is -2.31. The van der Waals surface area contributed by atoms with Crippen LogP contribution in [0.1, 0.15) is 6.42 Å². The van der Waals surface area contributed by atoms with Gasteiger partial charge in [0.05, 0.1) is 24.1 Å². The van der Waals surface area contributed by atoms with Crippen molar-refractivity contribution in [3.8, 4) is 11.8 Å². The first-order valence-corrected chi connectivity index (χ1v) is 9.56. The molecule has 0 radical (unpaired) electrons. The van der Waals surface area contributed by atoms with Crippen LogP contribution in [0.3, 0.4) is 0 Å². The number of ether oxygens (including phenoxy) is 2. The molecule has 2 aromatic heterocycles. The second kappa shape index (κ2) is 6.67. The van der Waals surface area contributed by atoms with Crippen LogP contribution in [0.5, 0.6) is 11.8 Å². The molecule has 0 bridgehead atoms. The van der Waals surface area contributed by atoms with Gasteiger partial charge in [-0.1, -0.05) is 0 Å². The lowest BCUT2D eigenvalue weighted by molar-refractivity contribution is 0.194. The number of sulfonamides is 1. The Kier molecular flexibility index (Phi) is 4.32. The second-order valence-electron chi connectivity index (χ2n) is 5.93. The zero-order valence-corrected chi connectivity index (χ0v) is 15.1. The first kappa shape index (κ1) is 17.5. The van der Waals surface area contributed by atoms with Crippen molar-refractivity contribution in [1.29, 1.82) is 0 Å². The minimum atomic E-state index is -3.74. The highest BCUT2D eigenvalue weighted by molar-refractivity contribution is 7.89. The third-order valence-electron chi connectivity index (χ3n) is 4.24. The van der Waals surface area contributed by atoms with Gasteiger partial charge < -0.3 is 13.9 Å². The molecule has 0 saturated carbocycles. The number of nitrogens with zero attached hydrogens (tertiary/aromatic N) is 3. The summed E-state index contributed by atoms with van der Waals surface area (Å²) in [4.78, 5) is 21.9. The monoisotopic (exact) mass is 392 g/mol. The molecule has 1 aliphatic heterocycles. The van der Waals surface area contributed by atoms with Crippen LogP contribution in [-0.2, 0) is 10.0 Å². The number of H-pyrrole nitrogens is 1. The van der Waals surface area contributed by atoms with Crippen molar-refractivity contribution in [2.45, 2.75) is 17.4 Å². The largest absolute Gasteiger partial charge is 0.477 e. The molecular formula is C16H16N4O6S. The summed E-state index contributed by atoms with van der Waals surface area (Å²) in [5.74, 6) is -0.165. The number of aromatic nitrogens is 3. The summed E-state index contributed by atoms with van der Waals surface area (Å²) in [6, 6.07) is 4.25. The molecule has 0 amide bonds. The maximum absolute atomic E-state index is 12.9. The Hall–Kier alpha value is -2.92. The van der Waals surface area contributed by atoms with E-state index in [1.165, 1.54) is 42.0 Å². The van der Waals surface area contributed by atoms with E-state index in [-0.39, 0.29) is 29.3 Å². The van der Waals surface area contributed by atoms with Crippen molar-refractivity contribution in [2.24, 2.45) is 0 Å². The van der Waals surface area contributed by atoms with Crippen LogP contribution in [0.25, 0.3) is 11.1 Å². The summed E-state index contributed by atoms with van der Waals surface area (Å²) in [6.45, 7) is 0.470. The van der Waals surface area contributed by atoms with E-state index in [4.69, 9.17) is 13.9 Å². The van der Waals surface area contributed by atoms with Crippen molar-refractivity contribution in [2.75, 3.05) is 20.2 Å². The van der Waals surface area contributed by atoms with Gasteiger partial charge in [0.25, 0.3) is 11.8 Å². The highest BCUT2D eigenvalue weighted by Crippen LogP contribution is 2.27. The molecule has 1 aromatic carbocycles. The average Bonchev–Trinajstić information content (AvgIpc) is 3.27. The van der Waals surface area contributed by atoms with Gasteiger partial charge in [-0.15, -0.1) is 0 Å². The van der Waals surface area contributed by atoms with Gasteiger partial charge in [0, 0.05) is 18.9 Å². The molecule has 1 fully saturated rings. The van der Waals surface area contributed by atoms with E-state index in [0.717, 1.165) is 0 Å². The fraction of sp³-hybridized carbons (Fsp3) is 0.312. The van der Waals surface area contributed by atoms with Crippen molar-refractivity contribution in [3.05, 3.63) is 41.1 Å². The summed E-state index contributed by atoms with van der Waals surface area (Å²) in [5, 5.41) is 0. The van der Waals surface area contributed by atoms with Crippen molar-refractivity contribution in [1.82, 2.24) is 19.3 Å². The number of methoxy groups -OCH3 is 1. The molecule has 1 N–H and O–H groups in total. The number of aromatic amines is 1. The molecular weight excluding hydrogens is 376 g/mol. The van der Waals surface area contributed by atoms with Gasteiger partial charge in [-0.05, 0) is 24.6 Å². The standard InChI is InChI=1S/C16H16N4O6S/c1-24-14-15(18-6-5-17-14)25-10-4-7-20(9-10)27(22,23)11-2-3-13-12(8-11)19-16(21)26-13/h2-3,5-6,8,10H,4,7,9H2,1H3,(H,19,21). The Bertz CT molecular complexity index is 1140. The summed E-state index contributed by atoms with van der Waals surface area (Å²) in [7, 11) is -2.28. The van der Waals surface area contributed by atoms with Gasteiger partial charge in [-0.3, -0.25) is 4.98 Å². The van der Waals surface area contributed by atoms with Crippen molar-refractivity contribution >= 4 is 21.1 Å². The number of benzene rings is 1. The zero-order chi connectivity index (χ0) is 19.0. The second-order valence-corrected chi connectivity index (χ2v) is 7.87. The normalized spacial score (nSPS) is 18.0. The third kappa shape index (κ3) is 3.26. The van der Waals surface area contributed by atoms with E-state index in [1.807, 2.05) is 0 Å². The van der Waals surface area contributed by atoms with Crippen LogP contribution in [0, 0.1) is 0 Å². The summed E-state index contributed by atoms with van der Waals surface area (Å²) < 4.78 is 42.9. The summed E-state index contributed by atoms with van der Waals surface area (Å²) in [6.07, 6.45) is 3.09. The third-order valence-corrected chi connectivity index (χ3v) is 6.10. The molecule has 1 unspecified atom stereocenters. The lowest BCUT2D eigenvalue weighted by atomic mass is 10.3. The highest BCUT2D eigenvalue weighted by Gasteiger charge is 2.34. The Morgan fingerprint density at radius 1 is 1.26 bits per heavy atom. The summed E-state index contributed by atoms with van der Waals surface area (Å²) >= 11 is 0. The van der Waals surface area contributed by atoms with Crippen LogP contribution in [0.2, 0.25) is 0 Å². The van der Waals surface area contributed by atoms with E-state index < -0.39 is 15.8 Å². The average molecular weight is 392 g/mol. The molecule has 0 spiro atoms. The van der Waals surface area contributed by atoms with Crippen molar-refractivity contribution in [3.63, 3.8) is 0 Å². The molecule has 4 rings (SSSR count). The maximum atomic E-state index is 12.9. The predicted molar refractivity (Wildman–Crippen MR) is 93.2 cm³/mol. The molecule has 3 heterocycles. The lowest BCUT2D eigenvalue weighted by Gasteiger charge is -2.17. The molecule has 1 atom stereocenters. The quantitative estimate of drug-likeness (QED) is 0.674. The van der Waals surface area contributed by atoms with E-state index in [2.05, 4.69) is 15.0 Å². The number of hydrogen-bond donors (Lipinski definition) is 1. The Labute approximate surface area is 153 Å². The van der Waals surface area contributed by atoms with E-state index in [1.54, 1.807) is 0 Å². The molecule has 0 aliphatic carbocycles. The summed E-state index contributed by atoms with van der Waals surface area (Å²) in [5.41, 5.74) is 0.633. The molecule has 11 heteroatoms. The first-order valence-electron chi connectivity index (χ1n) is 8.12. The molecule has 10 nitrogen and oxygen atoms in total. The van der Waals surface area contributed by atoms with E-state index in [0.29, 0.717) is 24.1 Å². The van der Waals surface area contributed by atoms with Crippen LogP contribution in [0.4, 0.5) is 0 Å². The van der Waals surface area contributed by atoms with Gasteiger partial charge >= 0.3 is 5.76 Å². The SMILES string of the molecule is COc1nccnc1OC1CCN(S(=O)(=O)c2ccc3oc(=O)[nH]c3c2)C1.